The van der Waals surface area contributed by atoms with E-state index in [-0.39, 0.29) is 5.84 Å². The van der Waals surface area contributed by atoms with Crippen LogP contribution in [0.25, 0.3) is 0 Å². The predicted octanol–water partition coefficient (Wildman–Crippen LogP) is 2.68. The van der Waals surface area contributed by atoms with Crippen LogP contribution in [0.5, 0.6) is 0 Å². The minimum atomic E-state index is -0.00217. The summed E-state index contributed by atoms with van der Waals surface area (Å²) in [6, 6.07) is 6.96. The molecule has 98 valence electrons. The molecule has 0 radical (unpaired) electrons. The van der Waals surface area contributed by atoms with Crippen molar-refractivity contribution in [3.8, 4) is 0 Å². The van der Waals surface area contributed by atoms with E-state index in [1.165, 1.54) is 11.8 Å². The first-order chi connectivity index (χ1) is 9.10. The van der Waals surface area contributed by atoms with Crippen LogP contribution < -0.4 is 5.73 Å². The SMILES string of the molecule is Cc1ccnc(Sc2ccc(Cl)cc2C(N)=NO)n1. The molecule has 2 aromatic rings. The van der Waals surface area contributed by atoms with Crippen LogP contribution in [0, 0.1) is 6.92 Å². The molecule has 0 aliphatic carbocycles. The number of benzene rings is 1. The van der Waals surface area contributed by atoms with Gasteiger partial charge in [0.25, 0.3) is 0 Å². The molecule has 0 fully saturated rings. The number of hydrogen-bond acceptors (Lipinski definition) is 5. The highest BCUT2D eigenvalue weighted by Crippen LogP contribution is 2.29. The molecule has 5 nitrogen and oxygen atoms in total. The van der Waals surface area contributed by atoms with Crippen LogP contribution in [-0.2, 0) is 0 Å². The summed E-state index contributed by atoms with van der Waals surface area (Å²) in [6.07, 6.45) is 1.68. The van der Waals surface area contributed by atoms with Gasteiger partial charge >= 0.3 is 0 Å². The zero-order valence-corrected chi connectivity index (χ0v) is 11.6. The first-order valence-corrected chi connectivity index (χ1v) is 6.54. The Kier molecular flexibility index (Phi) is 4.24. The van der Waals surface area contributed by atoms with Gasteiger partial charge in [-0.05, 0) is 43.0 Å². The smallest absolute Gasteiger partial charge is 0.192 e. The average Bonchev–Trinajstić information content (AvgIpc) is 2.40. The molecule has 7 heteroatoms. The van der Waals surface area contributed by atoms with Gasteiger partial charge in [0.05, 0.1) is 0 Å². The first-order valence-electron chi connectivity index (χ1n) is 5.35. The van der Waals surface area contributed by atoms with E-state index in [1.54, 1.807) is 24.4 Å². The van der Waals surface area contributed by atoms with Crippen LogP contribution in [0.15, 0.2) is 45.7 Å². The summed E-state index contributed by atoms with van der Waals surface area (Å²) < 4.78 is 0. The summed E-state index contributed by atoms with van der Waals surface area (Å²) in [5.41, 5.74) is 7.05. The Balaban J connectivity index is 2.40. The van der Waals surface area contributed by atoms with Gasteiger partial charge in [-0.25, -0.2) is 9.97 Å². The number of halogens is 1. The van der Waals surface area contributed by atoms with Crippen molar-refractivity contribution in [3.05, 3.63) is 46.7 Å². The third kappa shape index (κ3) is 3.36. The van der Waals surface area contributed by atoms with Crippen molar-refractivity contribution in [2.45, 2.75) is 17.0 Å². The van der Waals surface area contributed by atoms with Crippen LogP contribution in [0.3, 0.4) is 0 Å². The third-order valence-corrected chi connectivity index (χ3v) is 3.49. The summed E-state index contributed by atoms with van der Waals surface area (Å²) in [6.45, 7) is 1.89. The third-order valence-electron chi connectivity index (χ3n) is 2.30. The Labute approximate surface area is 119 Å². The number of nitrogens with two attached hydrogens (primary N) is 1. The van der Waals surface area contributed by atoms with Gasteiger partial charge in [0.2, 0.25) is 0 Å². The van der Waals surface area contributed by atoms with Crippen molar-refractivity contribution >= 4 is 29.2 Å². The standard InChI is InChI=1S/C12H11ClN4OS/c1-7-4-5-15-12(16-7)19-10-3-2-8(13)6-9(10)11(14)17-18/h2-6,18H,1H3,(H2,14,17). The summed E-state index contributed by atoms with van der Waals surface area (Å²) in [5.74, 6) is -0.00217. The van der Waals surface area contributed by atoms with Gasteiger partial charge in [-0.15, -0.1) is 0 Å². The Hall–Kier alpha value is -1.79. The van der Waals surface area contributed by atoms with Crippen molar-refractivity contribution in [2.24, 2.45) is 10.9 Å². The molecule has 0 aliphatic rings. The van der Waals surface area contributed by atoms with Gasteiger partial charge in [-0.1, -0.05) is 16.8 Å². The molecule has 0 atom stereocenters. The van der Waals surface area contributed by atoms with Gasteiger partial charge < -0.3 is 10.9 Å². The zero-order chi connectivity index (χ0) is 13.8. The highest BCUT2D eigenvalue weighted by Gasteiger charge is 2.11. The number of aryl methyl sites for hydroxylation is 1. The summed E-state index contributed by atoms with van der Waals surface area (Å²) in [5, 5.41) is 12.9. The maximum atomic E-state index is 8.79. The number of oxime groups is 1. The average molecular weight is 295 g/mol. The number of nitrogens with zero attached hydrogens (tertiary/aromatic N) is 3. The van der Waals surface area contributed by atoms with Crippen molar-refractivity contribution in [2.75, 3.05) is 0 Å². The largest absolute Gasteiger partial charge is 0.409 e. The highest BCUT2D eigenvalue weighted by atomic mass is 35.5. The molecule has 1 heterocycles. The van der Waals surface area contributed by atoms with Crippen molar-refractivity contribution in [1.29, 1.82) is 0 Å². The lowest BCUT2D eigenvalue weighted by atomic mass is 10.2. The van der Waals surface area contributed by atoms with Crippen molar-refractivity contribution in [1.82, 2.24) is 9.97 Å². The maximum absolute atomic E-state index is 8.79. The van der Waals surface area contributed by atoms with E-state index in [0.717, 1.165) is 10.6 Å². The van der Waals surface area contributed by atoms with Gasteiger partial charge in [-0.3, -0.25) is 0 Å². The van der Waals surface area contributed by atoms with Gasteiger partial charge in [0.1, 0.15) is 0 Å². The quantitative estimate of drug-likeness (QED) is 0.299. The second-order valence-corrected chi connectivity index (χ2v) is 5.15. The van der Waals surface area contributed by atoms with E-state index in [2.05, 4.69) is 15.1 Å². The molecule has 0 spiro atoms. The van der Waals surface area contributed by atoms with Gasteiger partial charge in [0.15, 0.2) is 11.0 Å². The van der Waals surface area contributed by atoms with Gasteiger partial charge in [0, 0.05) is 27.4 Å². The zero-order valence-electron chi connectivity index (χ0n) is 10.0. The molecule has 1 aromatic heterocycles. The minimum absolute atomic E-state index is 0.00217. The van der Waals surface area contributed by atoms with Crippen LogP contribution in [0.1, 0.15) is 11.3 Å². The van der Waals surface area contributed by atoms with Gasteiger partial charge in [-0.2, -0.15) is 0 Å². The number of rotatable bonds is 3. The molecule has 19 heavy (non-hydrogen) atoms. The molecular weight excluding hydrogens is 284 g/mol. The Morgan fingerprint density at radius 2 is 2.21 bits per heavy atom. The Bertz CT molecular complexity index is 633. The second kappa shape index (κ2) is 5.90. The molecule has 0 saturated heterocycles. The molecule has 0 bridgehead atoms. The minimum Gasteiger partial charge on any atom is -0.409 e. The van der Waals surface area contributed by atoms with E-state index >= 15 is 0 Å². The second-order valence-electron chi connectivity index (χ2n) is 3.71. The number of hydrogen-bond donors (Lipinski definition) is 2. The van der Waals surface area contributed by atoms with Crippen LogP contribution in [0.2, 0.25) is 5.02 Å². The fourth-order valence-corrected chi connectivity index (χ4v) is 2.50. The first kappa shape index (κ1) is 13.6. The molecule has 3 N–H and O–H groups in total. The van der Waals surface area contributed by atoms with Crippen molar-refractivity contribution in [3.63, 3.8) is 0 Å². The fourth-order valence-electron chi connectivity index (χ4n) is 1.42. The Morgan fingerprint density at radius 1 is 1.42 bits per heavy atom. The number of aromatic nitrogens is 2. The normalized spacial score (nSPS) is 11.6. The van der Waals surface area contributed by atoms with E-state index < -0.39 is 0 Å². The van der Waals surface area contributed by atoms with E-state index in [1.807, 2.05) is 13.0 Å². The number of amidine groups is 1. The lowest BCUT2D eigenvalue weighted by Crippen LogP contribution is -2.14. The monoisotopic (exact) mass is 294 g/mol. The molecule has 0 saturated carbocycles. The van der Waals surface area contributed by atoms with E-state index in [0.29, 0.717) is 15.7 Å². The molecule has 1 aromatic carbocycles. The van der Waals surface area contributed by atoms with Crippen LogP contribution in [0.4, 0.5) is 0 Å². The van der Waals surface area contributed by atoms with Crippen LogP contribution >= 0.6 is 23.4 Å². The molecule has 2 rings (SSSR count). The molecular formula is C12H11ClN4OS. The topological polar surface area (TPSA) is 84.4 Å². The predicted molar refractivity (Wildman–Crippen MR) is 74.9 cm³/mol. The Morgan fingerprint density at radius 3 is 2.89 bits per heavy atom. The van der Waals surface area contributed by atoms with Crippen LogP contribution in [-0.4, -0.2) is 21.0 Å². The maximum Gasteiger partial charge on any atom is 0.192 e. The summed E-state index contributed by atoms with van der Waals surface area (Å²) in [4.78, 5) is 9.22. The van der Waals surface area contributed by atoms with E-state index in [4.69, 9.17) is 22.5 Å². The lowest BCUT2D eigenvalue weighted by molar-refractivity contribution is 0.318. The fraction of sp³-hybridized carbons (Fsp3) is 0.0833. The van der Waals surface area contributed by atoms with E-state index in [9.17, 15) is 0 Å². The lowest BCUT2D eigenvalue weighted by Gasteiger charge is -2.07. The summed E-state index contributed by atoms with van der Waals surface area (Å²) in [7, 11) is 0. The highest BCUT2D eigenvalue weighted by molar-refractivity contribution is 7.99. The molecule has 0 amide bonds. The molecule has 0 unspecified atom stereocenters. The van der Waals surface area contributed by atoms with Crippen molar-refractivity contribution < 1.29 is 5.21 Å². The summed E-state index contributed by atoms with van der Waals surface area (Å²) >= 11 is 7.24. The molecule has 0 aliphatic heterocycles.